The molecule has 5 nitrogen and oxygen atoms in total. The zero-order valence-electron chi connectivity index (χ0n) is 17.0. The number of carbonyl (C=O) groups is 2. The Balaban J connectivity index is 1.56. The van der Waals surface area contributed by atoms with Crippen molar-refractivity contribution >= 4 is 17.5 Å². The number of carbonyl (C=O) groups excluding carboxylic acids is 2. The lowest BCUT2D eigenvalue weighted by molar-refractivity contribution is -0.116. The average molecular weight is 424 g/mol. The molecule has 0 aromatic heterocycles. The Morgan fingerprint density at radius 2 is 1.68 bits per heavy atom. The molecule has 0 aliphatic carbocycles. The minimum atomic E-state index is -0.847. The van der Waals surface area contributed by atoms with Gasteiger partial charge in [-0.25, -0.2) is 8.78 Å². The summed E-state index contributed by atoms with van der Waals surface area (Å²) in [5.74, 6) is -1.62. The van der Waals surface area contributed by atoms with Crippen molar-refractivity contribution in [2.75, 3.05) is 19.0 Å². The number of nitrogens with one attached hydrogen (secondary N) is 2. The molecule has 0 aliphatic heterocycles. The largest absolute Gasteiger partial charge is 0.497 e. The molecule has 0 bridgehead atoms. The summed E-state index contributed by atoms with van der Waals surface area (Å²) in [5, 5.41) is 5.26. The number of ether oxygens (including phenoxy) is 1. The summed E-state index contributed by atoms with van der Waals surface area (Å²) in [7, 11) is 1.54. The predicted molar refractivity (Wildman–Crippen MR) is 115 cm³/mol. The molecule has 160 valence electrons. The monoisotopic (exact) mass is 424 g/mol. The number of anilines is 1. The zero-order valence-corrected chi connectivity index (χ0v) is 17.0. The molecule has 2 N–H and O–H groups in total. The number of amides is 2. The molecule has 0 radical (unpaired) electrons. The summed E-state index contributed by atoms with van der Waals surface area (Å²) >= 11 is 0. The van der Waals surface area contributed by atoms with Gasteiger partial charge in [0.25, 0.3) is 5.91 Å². The van der Waals surface area contributed by atoms with Crippen molar-refractivity contribution in [2.45, 2.75) is 12.8 Å². The Morgan fingerprint density at radius 1 is 0.968 bits per heavy atom. The fraction of sp³-hybridized carbons (Fsp3) is 0.167. The van der Waals surface area contributed by atoms with Gasteiger partial charge in [0.2, 0.25) is 5.91 Å². The molecule has 7 heteroatoms. The zero-order chi connectivity index (χ0) is 22.2. The fourth-order valence-corrected chi connectivity index (χ4v) is 3.04. The van der Waals surface area contributed by atoms with Gasteiger partial charge in [-0.15, -0.1) is 0 Å². The Bertz CT molecular complexity index is 1050. The molecule has 3 aromatic rings. The van der Waals surface area contributed by atoms with Crippen LogP contribution in [-0.4, -0.2) is 25.5 Å². The van der Waals surface area contributed by atoms with E-state index in [1.54, 1.807) is 61.7 Å². The van der Waals surface area contributed by atoms with Crippen LogP contribution in [-0.2, 0) is 4.79 Å². The number of halogens is 2. The highest BCUT2D eigenvalue weighted by Gasteiger charge is 2.15. The molecule has 0 spiro atoms. The van der Waals surface area contributed by atoms with Crippen molar-refractivity contribution in [3.63, 3.8) is 0 Å². The molecule has 0 heterocycles. The first-order valence-corrected chi connectivity index (χ1v) is 9.74. The molecule has 0 fully saturated rings. The van der Waals surface area contributed by atoms with E-state index in [9.17, 15) is 18.4 Å². The van der Waals surface area contributed by atoms with E-state index in [0.717, 1.165) is 6.07 Å². The molecule has 2 amide bonds. The van der Waals surface area contributed by atoms with Crippen LogP contribution in [0.3, 0.4) is 0 Å². The summed E-state index contributed by atoms with van der Waals surface area (Å²) in [5.41, 5.74) is 1.26. The highest BCUT2D eigenvalue weighted by molar-refractivity contribution is 5.96. The van der Waals surface area contributed by atoms with E-state index in [0.29, 0.717) is 23.3 Å². The summed E-state index contributed by atoms with van der Waals surface area (Å²) < 4.78 is 33.2. The summed E-state index contributed by atoms with van der Waals surface area (Å²) in [6.45, 7) is 0.274. The summed E-state index contributed by atoms with van der Waals surface area (Å²) in [6, 6.07) is 17.3. The first kappa shape index (κ1) is 22.0. The van der Waals surface area contributed by atoms with Gasteiger partial charge in [0.15, 0.2) is 0 Å². The molecule has 3 aromatic carbocycles. The Labute approximate surface area is 179 Å². The lowest BCUT2D eigenvalue weighted by Gasteiger charge is -2.13. The van der Waals surface area contributed by atoms with Crippen LogP contribution in [0.1, 0.15) is 23.2 Å². The molecule has 0 saturated carbocycles. The maximum atomic E-state index is 14.4. The van der Waals surface area contributed by atoms with Crippen molar-refractivity contribution < 1.29 is 23.1 Å². The van der Waals surface area contributed by atoms with Crippen LogP contribution in [0.2, 0.25) is 0 Å². The molecular formula is C24H22F2N2O3. The fourth-order valence-electron chi connectivity index (χ4n) is 3.04. The first-order valence-electron chi connectivity index (χ1n) is 9.74. The second-order valence-electron chi connectivity index (χ2n) is 6.81. The molecule has 3 rings (SSSR count). The highest BCUT2D eigenvalue weighted by Crippen LogP contribution is 2.31. The van der Waals surface area contributed by atoms with Gasteiger partial charge in [-0.05, 0) is 42.3 Å². The van der Waals surface area contributed by atoms with E-state index in [-0.39, 0.29) is 30.1 Å². The van der Waals surface area contributed by atoms with Crippen molar-refractivity contribution in [2.24, 2.45) is 0 Å². The molecule has 0 saturated heterocycles. The van der Waals surface area contributed by atoms with Gasteiger partial charge >= 0.3 is 0 Å². The first-order chi connectivity index (χ1) is 15.0. The van der Waals surface area contributed by atoms with Gasteiger partial charge in [-0.2, -0.15) is 0 Å². The molecule has 0 atom stereocenters. The van der Waals surface area contributed by atoms with Gasteiger partial charge in [0.05, 0.1) is 12.8 Å². The van der Waals surface area contributed by atoms with Crippen molar-refractivity contribution in [1.82, 2.24) is 5.32 Å². The quantitative estimate of drug-likeness (QED) is 0.511. The minimum Gasteiger partial charge on any atom is -0.497 e. The Hall–Kier alpha value is -3.74. The second kappa shape index (κ2) is 10.3. The van der Waals surface area contributed by atoms with Crippen LogP contribution in [0.4, 0.5) is 14.5 Å². The van der Waals surface area contributed by atoms with Gasteiger partial charge in [-0.1, -0.05) is 30.3 Å². The van der Waals surface area contributed by atoms with Gasteiger partial charge in [-0.3, -0.25) is 9.59 Å². The topological polar surface area (TPSA) is 67.4 Å². The van der Waals surface area contributed by atoms with E-state index in [2.05, 4.69) is 10.6 Å². The van der Waals surface area contributed by atoms with E-state index >= 15 is 0 Å². The number of hydrogen-bond donors (Lipinski definition) is 2. The van der Waals surface area contributed by atoms with E-state index in [1.807, 2.05) is 0 Å². The van der Waals surface area contributed by atoms with Crippen LogP contribution in [0.15, 0.2) is 66.7 Å². The van der Waals surface area contributed by atoms with Crippen LogP contribution in [0.5, 0.6) is 5.75 Å². The third-order valence-corrected chi connectivity index (χ3v) is 4.62. The second-order valence-corrected chi connectivity index (χ2v) is 6.81. The van der Waals surface area contributed by atoms with E-state index in [1.165, 1.54) is 6.07 Å². The highest BCUT2D eigenvalue weighted by atomic mass is 19.1. The van der Waals surface area contributed by atoms with Gasteiger partial charge in [0, 0.05) is 30.2 Å². The normalized spacial score (nSPS) is 10.4. The van der Waals surface area contributed by atoms with Crippen LogP contribution < -0.4 is 15.4 Å². The SMILES string of the molecule is COc1ccc(C(=O)NCCCC(=O)Nc2c(F)cc(F)cc2-c2ccccc2)cc1. The predicted octanol–water partition coefficient (Wildman–Crippen LogP) is 4.79. The Kier molecular flexibility index (Phi) is 7.32. The smallest absolute Gasteiger partial charge is 0.251 e. The third kappa shape index (κ3) is 5.88. The Morgan fingerprint density at radius 3 is 2.35 bits per heavy atom. The van der Waals surface area contributed by atoms with E-state index in [4.69, 9.17) is 4.74 Å². The summed E-state index contributed by atoms with van der Waals surface area (Å²) in [6.07, 6.45) is 0.422. The maximum Gasteiger partial charge on any atom is 0.251 e. The minimum absolute atomic E-state index is 0.0634. The average Bonchev–Trinajstić information content (AvgIpc) is 2.79. The van der Waals surface area contributed by atoms with Crippen LogP contribution in [0.25, 0.3) is 11.1 Å². The number of rotatable bonds is 8. The van der Waals surface area contributed by atoms with Crippen molar-refractivity contribution in [1.29, 1.82) is 0 Å². The number of hydrogen-bond acceptors (Lipinski definition) is 3. The molecule has 31 heavy (non-hydrogen) atoms. The molecule has 0 unspecified atom stereocenters. The third-order valence-electron chi connectivity index (χ3n) is 4.62. The molecule has 0 aliphatic rings. The number of methoxy groups -OCH3 is 1. The maximum absolute atomic E-state index is 14.4. The van der Waals surface area contributed by atoms with Crippen molar-refractivity contribution in [3.8, 4) is 16.9 Å². The van der Waals surface area contributed by atoms with Crippen molar-refractivity contribution in [3.05, 3.63) is 83.9 Å². The lowest BCUT2D eigenvalue weighted by atomic mass is 10.0. The lowest BCUT2D eigenvalue weighted by Crippen LogP contribution is -2.25. The molecular weight excluding hydrogens is 402 g/mol. The van der Waals surface area contributed by atoms with Crippen LogP contribution in [0, 0.1) is 11.6 Å². The number of benzene rings is 3. The van der Waals surface area contributed by atoms with Gasteiger partial charge in [0.1, 0.15) is 17.4 Å². The van der Waals surface area contributed by atoms with E-state index < -0.39 is 17.5 Å². The summed E-state index contributed by atoms with van der Waals surface area (Å²) in [4.78, 5) is 24.4. The van der Waals surface area contributed by atoms with Gasteiger partial charge < -0.3 is 15.4 Å². The van der Waals surface area contributed by atoms with Crippen LogP contribution >= 0.6 is 0 Å². The standard InChI is InChI=1S/C24H22F2N2O3/c1-31-19-11-9-17(10-12-19)24(30)27-13-5-8-22(29)28-23-20(14-18(25)15-21(23)26)16-6-3-2-4-7-16/h2-4,6-7,9-12,14-15H,5,8,13H2,1H3,(H,27,30)(H,28,29).